The highest BCUT2D eigenvalue weighted by atomic mass is 16.7. The van der Waals surface area contributed by atoms with Gasteiger partial charge in [0, 0.05) is 44.3 Å². The van der Waals surface area contributed by atoms with Gasteiger partial charge in [-0.25, -0.2) is 0 Å². The van der Waals surface area contributed by atoms with Crippen LogP contribution in [0, 0.1) is 31.6 Å². The quantitative estimate of drug-likeness (QED) is 0.0755. The number of hydrogen-bond acceptors (Lipinski definition) is 22. The van der Waals surface area contributed by atoms with Crippen LogP contribution in [0.2, 0.25) is 0 Å². The molecule has 2 aromatic carbocycles. The first-order valence-electron chi connectivity index (χ1n) is 27.4. The number of phenolic OH excluding ortho intramolecular Hbond substituents is 2. The molecule has 4 aliphatic heterocycles. The van der Waals surface area contributed by atoms with Gasteiger partial charge in [-0.15, -0.1) is 0 Å². The summed E-state index contributed by atoms with van der Waals surface area (Å²) in [5, 5.41) is 121. The molecule has 4 aliphatic rings. The fraction of sp³-hybridized carbons (Fsp3) is 0.786. The van der Waals surface area contributed by atoms with E-state index in [1.54, 1.807) is 41.5 Å². The van der Waals surface area contributed by atoms with Gasteiger partial charge in [-0.2, -0.15) is 0 Å². The SMILES string of the molecule is COC(C(=O)C(O)C(C)O)C(C)C(OC1CC(OC(C)CC(CC2CC(C)(O)C(O)C(C)O2)C(O)C(C)C)C(O)C(C)O1)C(=O)c1c(C)cc2cc(OC3CC(OC4CC(O)[C@@H](O)C(C)O4)C(O)C(C)O3)c(C)c(O)c2c1O. The Morgan fingerprint density at radius 3 is 1.92 bits per heavy atom. The molecule has 0 amide bonds. The van der Waals surface area contributed by atoms with Gasteiger partial charge in [0.1, 0.15) is 60.0 Å². The molecule has 0 bridgehead atoms. The van der Waals surface area contributed by atoms with Gasteiger partial charge in [0.15, 0.2) is 24.1 Å². The van der Waals surface area contributed by atoms with Crippen molar-refractivity contribution in [1.82, 2.24) is 0 Å². The molecule has 4 heterocycles. The fourth-order valence-electron chi connectivity index (χ4n) is 11.6. The molecule has 11 N–H and O–H groups in total. The van der Waals surface area contributed by atoms with Crippen LogP contribution in [0.15, 0.2) is 12.1 Å². The van der Waals surface area contributed by atoms with Crippen molar-refractivity contribution in [2.45, 2.75) is 256 Å². The number of phenols is 2. The van der Waals surface area contributed by atoms with Crippen LogP contribution in [-0.4, -0.2) is 209 Å². The number of fused-ring (bicyclic) bond motifs is 1. The summed E-state index contributed by atoms with van der Waals surface area (Å²) in [5.74, 6) is -4.63. The highest BCUT2D eigenvalue weighted by molar-refractivity contribution is 6.10. The van der Waals surface area contributed by atoms with E-state index in [-0.39, 0.29) is 64.8 Å². The second-order valence-electron chi connectivity index (χ2n) is 23.2. The van der Waals surface area contributed by atoms with Crippen molar-refractivity contribution in [1.29, 1.82) is 0 Å². The molecule has 78 heavy (non-hydrogen) atoms. The predicted molar refractivity (Wildman–Crippen MR) is 278 cm³/mol. The zero-order chi connectivity index (χ0) is 58.2. The number of hydrogen-bond donors (Lipinski definition) is 11. The van der Waals surface area contributed by atoms with E-state index in [1.165, 1.54) is 46.9 Å². The van der Waals surface area contributed by atoms with Gasteiger partial charge >= 0.3 is 0 Å². The monoisotopic (exact) mass is 1110 g/mol. The molecule has 444 valence electrons. The van der Waals surface area contributed by atoms with Crippen molar-refractivity contribution in [3.8, 4) is 17.2 Å². The minimum absolute atomic E-state index is 0.0151. The average Bonchev–Trinajstić information content (AvgIpc) is 3.41. The van der Waals surface area contributed by atoms with Crippen LogP contribution in [-0.2, 0) is 42.7 Å². The maximum absolute atomic E-state index is 15.2. The summed E-state index contributed by atoms with van der Waals surface area (Å²) >= 11 is 0. The Hall–Kier alpha value is -3.24. The molecule has 22 heteroatoms. The van der Waals surface area contributed by atoms with Crippen LogP contribution in [0.4, 0.5) is 0 Å². The number of methoxy groups -OCH3 is 1. The van der Waals surface area contributed by atoms with Crippen molar-refractivity contribution >= 4 is 22.3 Å². The summed E-state index contributed by atoms with van der Waals surface area (Å²) in [4.78, 5) is 28.9. The van der Waals surface area contributed by atoms with Crippen LogP contribution in [0.5, 0.6) is 17.2 Å². The summed E-state index contributed by atoms with van der Waals surface area (Å²) in [6.45, 7) is 19.3. The highest BCUT2D eigenvalue weighted by Gasteiger charge is 2.48. The lowest BCUT2D eigenvalue weighted by Gasteiger charge is -2.44. The molecule has 0 saturated carbocycles. The number of aryl methyl sites for hydroxylation is 1. The molecule has 6 rings (SSSR count). The number of ether oxygens (including phenoxy) is 9. The lowest BCUT2D eigenvalue weighted by atomic mass is 9.79. The van der Waals surface area contributed by atoms with E-state index in [2.05, 4.69) is 0 Å². The predicted octanol–water partition coefficient (Wildman–Crippen LogP) is 2.49. The van der Waals surface area contributed by atoms with Crippen LogP contribution in [0.1, 0.15) is 129 Å². The zero-order valence-corrected chi connectivity index (χ0v) is 47.2. The van der Waals surface area contributed by atoms with E-state index in [9.17, 15) is 61.0 Å². The van der Waals surface area contributed by atoms with Crippen molar-refractivity contribution < 1.29 is 108 Å². The number of aliphatic hydroxyl groups excluding tert-OH is 8. The minimum atomic E-state index is -1.92. The Balaban J connectivity index is 1.27. The van der Waals surface area contributed by atoms with Gasteiger partial charge in [0.2, 0.25) is 6.29 Å². The summed E-state index contributed by atoms with van der Waals surface area (Å²) < 4.78 is 54.9. The maximum atomic E-state index is 15.2. The lowest BCUT2D eigenvalue weighted by Crippen LogP contribution is -2.55. The third-order valence-corrected chi connectivity index (χ3v) is 16.3. The van der Waals surface area contributed by atoms with E-state index in [1.807, 2.05) is 13.8 Å². The Bertz CT molecular complexity index is 2320. The molecule has 4 fully saturated rings. The number of aliphatic hydroxyl groups is 9. The van der Waals surface area contributed by atoms with E-state index >= 15 is 4.79 Å². The van der Waals surface area contributed by atoms with Crippen LogP contribution >= 0.6 is 0 Å². The van der Waals surface area contributed by atoms with Crippen molar-refractivity contribution in [3.63, 3.8) is 0 Å². The van der Waals surface area contributed by atoms with E-state index < -0.39 is 169 Å². The zero-order valence-electron chi connectivity index (χ0n) is 47.2. The summed E-state index contributed by atoms with van der Waals surface area (Å²) in [5.41, 5.74) is -1.37. The number of carbonyl (C=O) groups excluding carboxylic acids is 2. The van der Waals surface area contributed by atoms with Gasteiger partial charge < -0.3 is 98.8 Å². The van der Waals surface area contributed by atoms with Crippen molar-refractivity contribution in [3.05, 3.63) is 28.8 Å². The number of benzene rings is 2. The van der Waals surface area contributed by atoms with Crippen molar-refractivity contribution in [2.75, 3.05) is 7.11 Å². The van der Waals surface area contributed by atoms with Gasteiger partial charge in [0.05, 0.1) is 83.7 Å². The van der Waals surface area contributed by atoms with Gasteiger partial charge in [-0.3, -0.25) is 9.59 Å². The van der Waals surface area contributed by atoms with E-state index in [4.69, 9.17) is 42.6 Å². The molecule has 0 radical (unpaired) electrons. The van der Waals surface area contributed by atoms with Gasteiger partial charge in [-0.05, 0) is 104 Å². The second kappa shape index (κ2) is 26.3. The number of ketones is 2. The smallest absolute Gasteiger partial charge is 0.202 e. The Morgan fingerprint density at radius 2 is 1.33 bits per heavy atom. The third kappa shape index (κ3) is 14.3. The molecule has 0 spiro atoms. The summed E-state index contributed by atoms with van der Waals surface area (Å²) in [6, 6.07) is 3.07. The maximum Gasteiger partial charge on any atom is 0.202 e. The molecule has 23 unspecified atom stereocenters. The molecule has 4 saturated heterocycles. The number of rotatable bonds is 22. The summed E-state index contributed by atoms with van der Waals surface area (Å²) in [6.07, 6.45) is -21.9. The van der Waals surface area contributed by atoms with Crippen molar-refractivity contribution in [2.24, 2.45) is 17.8 Å². The first kappa shape index (κ1) is 63.9. The van der Waals surface area contributed by atoms with Gasteiger partial charge in [0.25, 0.3) is 0 Å². The minimum Gasteiger partial charge on any atom is -0.507 e. The Morgan fingerprint density at radius 1 is 0.744 bits per heavy atom. The van der Waals surface area contributed by atoms with Crippen LogP contribution < -0.4 is 4.74 Å². The third-order valence-electron chi connectivity index (χ3n) is 16.3. The highest BCUT2D eigenvalue weighted by Crippen LogP contribution is 2.45. The Labute approximate surface area is 456 Å². The number of carbonyl (C=O) groups is 2. The van der Waals surface area contributed by atoms with Gasteiger partial charge in [-0.1, -0.05) is 26.8 Å². The molecule has 2 aromatic rings. The molecule has 0 aromatic heterocycles. The largest absolute Gasteiger partial charge is 0.507 e. The average molecular weight is 1110 g/mol. The Kier molecular flexibility index (Phi) is 21.6. The molecular weight excluding hydrogens is 1020 g/mol. The first-order valence-corrected chi connectivity index (χ1v) is 27.4. The van der Waals surface area contributed by atoms with Crippen LogP contribution in [0.3, 0.4) is 0 Å². The number of aromatic hydroxyl groups is 2. The van der Waals surface area contributed by atoms with Crippen LogP contribution in [0.25, 0.3) is 10.8 Å². The normalized spacial score (nSPS) is 36.1. The standard InChI is InChI=1S/C56H88O22/c1-22(2)44(59)33(16-34-21-56(12,69)55(68)31(11)72-34)15-24(4)71-37-19-41(75-29(9)48(37)63)78-54(26(6)53(70-13)52(67)46(61)27(7)57)51(66)42-23(3)14-32-17-36(25(5)45(60)43(32)50(42)65)76-40-20-38(49(64)30(10)74-40)77-39-18-35(58)47(62)28(8)73-39/h14,17,22,24,26-31,33-35,37-41,44,46-49,53-55,57-65,68-69H,15-16,18-21H2,1-13H3/t24?,26?,27?,28?,29?,30?,31?,33?,34?,35?,37?,38?,39?,40?,41?,44?,46?,47-,48?,49?,53?,54?,55?,56?/m0/s1. The van der Waals surface area contributed by atoms with E-state index in [0.29, 0.717) is 12.8 Å². The second-order valence-corrected chi connectivity index (χ2v) is 23.2. The molecule has 24 atom stereocenters. The molecule has 0 aliphatic carbocycles. The molecule has 22 nitrogen and oxygen atoms in total. The lowest BCUT2D eigenvalue weighted by molar-refractivity contribution is -0.298. The topological polar surface area (TPSA) is 340 Å². The fourth-order valence-corrected chi connectivity index (χ4v) is 11.6. The number of Topliss-reactive ketones (excluding diaryl/α,β-unsaturated/α-hetero) is 2. The summed E-state index contributed by atoms with van der Waals surface area (Å²) in [7, 11) is 1.18. The molecular formula is C56H88O22. The van der Waals surface area contributed by atoms with E-state index in [0.717, 1.165) is 0 Å². The first-order chi connectivity index (χ1) is 36.4.